The van der Waals surface area contributed by atoms with Crippen molar-refractivity contribution in [3.05, 3.63) is 0 Å². The van der Waals surface area contributed by atoms with E-state index < -0.39 is 0 Å². The zero-order chi connectivity index (χ0) is 16.3. The minimum absolute atomic E-state index is 0.0650. The summed E-state index contributed by atoms with van der Waals surface area (Å²) in [4.78, 5) is 28.5. The van der Waals surface area contributed by atoms with Gasteiger partial charge in [-0.3, -0.25) is 9.59 Å². The van der Waals surface area contributed by atoms with E-state index in [0.29, 0.717) is 32.8 Å². The fourth-order valence-corrected chi connectivity index (χ4v) is 4.10. The van der Waals surface area contributed by atoms with Crippen LogP contribution in [0.25, 0.3) is 0 Å². The van der Waals surface area contributed by atoms with Gasteiger partial charge in [0.1, 0.15) is 0 Å². The van der Waals surface area contributed by atoms with Crippen molar-refractivity contribution in [2.75, 3.05) is 53.1 Å². The molecule has 0 bridgehead atoms. The Balaban J connectivity index is 1.54. The van der Waals surface area contributed by atoms with Crippen molar-refractivity contribution in [3.8, 4) is 0 Å². The van der Waals surface area contributed by atoms with Crippen LogP contribution >= 0.6 is 0 Å². The molecule has 0 radical (unpaired) electrons. The number of rotatable bonds is 4. The molecule has 0 aromatic heterocycles. The molecule has 23 heavy (non-hydrogen) atoms. The molecule has 1 spiro atoms. The highest BCUT2D eigenvalue weighted by molar-refractivity contribution is 5.79. The SMILES string of the molecule is COCCN1CC2(CCC1=O)CCN(C(=O)[C@@H]1CCOC1)CC2. The van der Waals surface area contributed by atoms with Crippen LogP contribution in [-0.4, -0.2) is 74.7 Å². The highest BCUT2D eigenvalue weighted by atomic mass is 16.5. The minimum atomic E-state index is 0.0650. The fourth-order valence-electron chi connectivity index (χ4n) is 4.10. The summed E-state index contributed by atoms with van der Waals surface area (Å²) >= 11 is 0. The van der Waals surface area contributed by atoms with Crippen LogP contribution in [0.3, 0.4) is 0 Å². The molecule has 0 aromatic carbocycles. The van der Waals surface area contributed by atoms with Gasteiger partial charge in [0.2, 0.25) is 11.8 Å². The lowest BCUT2D eigenvalue weighted by atomic mass is 9.72. The van der Waals surface area contributed by atoms with Gasteiger partial charge in [0, 0.05) is 46.3 Å². The molecule has 3 aliphatic heterocycles. The first kappa shape index (κ1) is 16.7. The Morgan fingerprint density at radius 1 is 1.35 bits per heavy atom. The maximum absolute atomic E-state index is 12.5. The quantitative estimate of drug-likeness (QED) is 0.771. The average Bonchev–Trinajstić information content (AvgIpc) is 3.11. The third kappa shape index (κ3) is 3.69. The molecule has 0 aromatic rings. The molecule has 3 rings (SSSR count). The van der Waals surface area contributed by atoms with Crippen molar-refractivity contribution in [2.24, 2.45) is 11.3 Å². The molecule has 3 saturated heterocycles. The molecule has 3 aliphatic rings. The van der Waals surface area contributed by atoms with Crippen LogP contribution < -0.4 is 0 Å². The van der Waals surface area contributed by atoms with Crippen LogP contribution in [0.15, 0.2) is 0 Å². The zero-order valence-electron chi connectivity index (χ0n) is 14.1. The molecule has 3 heterocycles. The zero-order valence-corrected chi connectivity index (χ0v) is 14.1. The van der Waals surface area contributed by atoms with Gasteiger partial charge in [0.25, 0.3) is 0 Å². The van der Waals surface area contributed by atoms with Crippen molar-refractivity contribution in [1.29, 1.82) is 0 Å². The summed E-state index contributed by atoms with van der Waals surface area (Å²) in [6.45, 7) is 5.03. The first-order valence-corrected chi connectivity index (χ1v) is 8.77. The van der Waals surface area contributed by atoms with Gasteiger partial charge in [-0.05, 0) is 31.1 Å². The second-order valence-corrected chi connectivity index (χ2v) is 7.19. The van der Waals surface area contributed by atoms with E-state index >= 15 is 0 Å². The van der Waals surface area contributed by atoms with Gasteiger partial charge in [-0.15, -0.1) is 0 Å². The van der Waals surface area contributed by atoms with Gasteiger partial charge in [-0.25, -0.2) is 0 Å². The van der Waals surface area contributed by atoms with Gasteiger partial charge < -0.3 is 19.3 Å². The summed E-state index contributed by atoms with van der Waals surface area (Å²) in [5.74, 6) is 0.574. The van der Waals surface area contributed by atoms with Gasteiger partial charge in [-0.2, -0.15) is 0 Å². The normalized spacial score (nSPS) is 27.7. The van der Waals surface area contributed by atoms with Gasteiger partial charge >= 0.3 is 0 Å². The Hall–Kier alpha value is -1.14. The van der Waals surface area contributed by atoms with Gasteiger partial charge in [0.15, 0.2) is 0 Å². The molecule has 3 fully saturated rings. The minimum Gasteiger partial charge on any atom is -0.383 e. The van der Waals surface area contributed by atoms with Crippen LogP contribution in [-0.2, 0) is 19.1 Å². The average molecular weight is 324 g/mol. The monoisotopic (exact) mass is 324 g/mol. The van der Waals surface area contributed by atoms with Crippen LogP contribution in [0.5, 0.6) is 0 Å². The second-order valence-electron chi connectivity index (χ2n) is 7.19. The van der Waals surface area contributed by atoms with E-state index in [4.69, 9.17) is 9.47 Å². The van der Waals surface area contributed by atoms with E-state index in [1.807, 2.05) is 9.80 Å². The molecule has 0 saturated carbocycles. The summed E-state index contributed by atoms with van der Waals surface area (Å²) < 4.78 is 10.5. The smallest absolute Gasteiger partial charge is 0.228 e. The number of likely N-dealkylation sites (tertiary alicyclic amines) is 2. The maximum atomic E-state index is 12.5. The molecular formula is C17H28N2O4. The number of hydrogen-bond acceptors (Lipinski definition) is 4. The predicted octanol–water partition coefficient (Wildman–Crippen LogP) is 0.901. The van der Waals surface area contributed by atoms with E-state index in [2.05, 4.69) is 0 Å². The molecular weight excluding hydrogens is 296 g/mol. The Morgan fingerprint density at radius 3 is 2.78 bits per heavy atom. The molecule has 0 unspecified atom stereocenters. The summed E-state index contributed by atoms with van der Waals surface area (Å²) in [6.07, 6.45) is 4.46. The number of carbonyl (C=O) groups is 2. The Morgan fingerprint density at radius 2 is 2.13 bits per heavy atom. The summed E-state index contributed by atoms with van der Waals surface area (Å²) in [7, 11) is 1.67. The number of ether oxygens (including phenoxy) is 2. The van der Waals surface area contributed by atoms with E-state index in [1.54, 1.807) is 7.11 Å². The van der Waals surface area contributed by atoms with Crippen molar-refractivity contribution in [2.45, 2.75) is 32.1 Å². The maximum Gasteiger partial charge on any atom is 0.228 e. The second kappa shape index (κ2) is 7.18. The number of amides is 2. The lowest BCUT2D eigenvalue weighted by molar-refractivity contribution is -0.144. The molecule has 0 N–H and O–H groups in total. The Labute approximate surface area is 138 Å². The number of carbonyl (C=O) groups excluding carboxylic acids is 2. The highest BCUT2D eigenvalue weighted by Crippen LogP contribution is 2.40. The lowest BCUT2D eigenvalue weighted by Crippen LogP contribution is -2.53. The molecule has 6 nitrogen and oxygen atoms in total. The van der Waals surface area contributed by atoms with Gasteiger partial charge in [-0.1, -0.05) is 0 Å². The standard InChI is InChI=1S/C17H28N2O4/c1-22-11-9-19-13-17(4-2-15(19)20)5-7-18(8-6-17)16(21)14-3-10-23-12-14/h14H,2-13H2,1H3/t14-/m1/s1. The number of hydrogen-bond donors (Lipinski definition) is 0. The van der Waals surface area contributed by atoms with Crippen LogP contribution in [0.4, 0.5) is 0 Å². The molecule has 1 atom stereocenters. The molecule has 2 amide bonds. The van der Waals surface area contributed by atoms with E-state index in [9.17, 15) is 9.59 Å². The van der Waals surface area contributed by atoms with Crippen LogP contribution in [0.1, 0.15) is 32.1 Å². The van der Waals surface area contributed by atoms with Gasteiger partial charge in [0.05, 0.1) is 19.1 Å². The van der Waals surface area contributed by atoms with Crippen molar-refractivity contribution in [3.63, 3.8) is 0 Å². The summed E-state index contributed by atoms with van der Waals surface area (Å²) in [5.41, 5.74) is 0.199. The number of methoxy groups -OCH3 is 1. The predicted molar refractivity (Wildman–Crippen MR) is 84.9 cm³/mol. The third-order valence-corrected chi connectivity index (χ3v) is 5.73. The Kier molecular flexibility index (Phi) is 5.21. The number of piperidine rings is 2. The molecule has 130 valence electrons. The van der Waals surface area contributed by atoms with Crippen molar-refractivity contribution < 1.29 is 19.1 Å². The van der Waals surface area contributed by atoms with Crippen molar-refractivity contribution >= 4 is 11.8 Å². The molecule has 0 aliphatic carbocycles. The largest absolute Gasteiger partial charge is 0.383 e. The Bertz CT molecular complexity index is 440. The van der Waals surface area contributed by atoms with E-state index in [-0.39, 0.29) is 23.1 Å². The van der Waals surface area contributed by atoms with Crippen molar-refractivity contribution in [1.82, 2.24) is 9.80 Å². The van der Waals surface area contributed by atoms with E-state index in [1.165, 1.54) is 0 Å². The fraction of sp³-hybridized carbons (Fsp3) is 0.882. The van der Waals surface area contributed by atoms with Crippen LogP contribution in [0.2, 0.25) is 0 Å². The first-order valence-electron chi connectivity index (χ1n) is 8.77. The van der Waals surface area contributed by atoms with Crippen LogP contribution in [0, 0.1) is 11.3 Å². The first-order chi connectivity index (χ1) is 11.1. The summed E-state index contributed by atoms with van der Waals surface area (Å²) in [6, 6.07) is 0. The molecule has 6 heteroatoms. The summed E-state index contributed by atoms with van der Waals surface area (Å²) in [5, 5.41) is 0. The third-order valence-electron chi connectivity index (χ3n) is 5.73. The van der Waals surface area contributed by atoms with E-state index in [0.717, 1.165) is 45.3 Å². The lowest BCUT2D eigenvalue weighted by Gasteiger charge is -2.47. The highest BCUT2D eigenvalue weighted by Gasteiger charge is 2.42. The topological polar surface area (TPSA) is 59.1 Å². The number of nitrogens with zero attached hydrogens (tertiary/aromatic N) is 2.